The van der Waals surface area contributed by atoms with Crippen LogP contribution in [-0.4, -0.2) is 81.9 Å². The first-order chi connectivity index (χ1) is 17.6. The Morgan fingerprint density at radius 3 is 2.62 bits per heavy atom. The lowest BCUT2D eigenvalue weighted by molar-refractivity contribution is -0.149. The van der Waals surface area contributed by atoms with Gasteiger partial charge in [0, 0.05) is 18.3 Å². The lowest BCUT2D eigenvalue weighted by Gasteiger charge is -2.29. The molecular formula is C22H21F4N7O4. The highest BCUT2D eigenvalue weighted by atomic mass is 19.4. The number of methoxy groups -OCH3 is 1. The highest BCUT2D eigenvalue weighted by molar-refractivity contribution is 5.98. The van der Waals surface area contributed by atoms with Crippen LogP contribution in [0, 0.1) is 5.92 Å². The minimum atomic E-state index is -4.75. The van der Waals surface area contributed by atoms with Crippen LogP contribution >= 0.6 is 0 Å². The summed E-state index contributed by atoms with van der Waals surface area (Å²) in [6, 6.07) is 1.09. The average molecular weight is 523 g/mol. The number of anilines is 1. The summed E-state index contributed by atoms with van der Waals surface area (Å²) in [6.45, 7) is 0.347. The summed E-state index contributed by atoms with van der Waals surface area (Å²) in [6.07, 6.45) is -4.05. The number of halogens is 4. The molecule has 0 aromatic carbocycles. The zero-order chi connectivity index (χ0) is 26.5. The molecule has 2 atom stereocenters. The second kappa shape index (κ2) is 9.14. The van der Waals surface area contributed by atoms with Crippen LogP contribution in [0.25, 0.3) is 16.8 Å². The quantitative estimate of drug-likeness (QED) is 0.478. The van der Waals surface area contributed by atoms with Crippen LogP contribution in [0.2, 0.25) is 0 Å². The standard InChI is InChI=1S/C22H21F4N7O4/c1-36-20-12(19(34)31-15-6-32(5-14(15)23)21(35)11-7-37-8-11)2-10(4-28-20)16-3-13(22(24,25)26)17-18(27)29-9-30-33(16)17/h2-4,9,11,14-15H,5-8H2,1H3,(H,31,34)(H2,27,29,30)/t14-,15+/m0/s1. The van der Waals surface area contributed by atoms with Gasteiger partial charge < -0.3 is 25.4 Å². The highest BCUT2D eigenvalue weighted by Gasteiger charge is 2.41. The first-order valence-corrected chi connectivity index (χ1v) is 11.1. The van der Waals surface area contributed by atoms with Crippen molar-refractivity contribution < 1.29 is 36.6 Å². The number of hydrogen-bond acceptors (Lipinski definition) is 8. The summed E-state index contributed by atoms with van der Waals surface area (Å²) in [7, 11) is 1.26. The average Bonchev–Trinajstić information content (AvgIpc) is 3.39. The summed E-state index contributed by atoms with van der Waals surface area (Å²) in [5, 5.41) is 6.43. The third-order valence-corrected chi connectivity index (χ3v) is 6.34. The van der Waals surface area contributed by atoms with Crippen molar-refractivity contribution in [3.63, 3.8) is 0 Å². The second-order valence-corrected chi connectivity index (χ2v) is 8.70. The van der Waals surface area contributed by atoms with E-state index in [1.54, 1.807) is 0 Å². The molecule has 15 heteroatoms. The summed E-state index contributed by atoms with van der Waals surface area (Å²) >= 11 is 0. The minimum absolute atomic E-state index is 0.0356. The molecule has 5 rings (SSSR count). The van der Waals surface area contributed by atoms with E-state index in [9.17, 15) is 27.2 Å². The molecular weight excluding hydrogens is 502 g/mol. The number of fused-ring (bicyclic) bond motifs is 1. The summed E-state index contributed by atoms with van der Waals surface area (Å²) in [4.78, 5) is 34.6. The van der Waals surface area contributed by atoms with E-state index in [0.29, 0.717) is 0 Å². The van der Waals surface area contributed by atoms with E-state index in [4.69, 9.17) is 15.2 Å². The highest BCUT2D eigenvalue weighted by Crippen LogP contribution is 2.39. The van der Waals surface area contributed by atoms with Gasteiger partial charge in [0.15, 0.2) is 5.82 Å². The van der Waals surface area contributed by atoms with Crippen LogP contribution < -0.4 is 15.8 Å². The van der Waals surface area contributed by atoms with E-state index in [-0.39, 0.29) is 66.6 Å². The van der Waals surface area contributed by atoms with Crippen LogP contribution in [0.3, 0.4) is 0 Å². The molecule has 11 nitrogen and oxygen atoms in total. The Kier molecular flexibility index (Phi) is 6.09. The first-order valence-electron chi connectivity index (χ1n) is 11.1. The fraction of sp³-hybridized carbons (Fsp3) is 0.409. The number of carbonyl (C=O) groups is 2. The van der Waals surface area contributed by atoms with Crippen LogP contribution in [0.5, 0.6) is 5.88 Å². The maximum absolute atomic E-state index is 14.7. The number of nitrogens with zero attached hydrogens (tertiary/aromatic N) is 5. The Morgan fingerprint density at radius 2 is 1.97 bits per heavy atom. The summed E-state index contributed by atoms with van der Waals surface area (Å²) in [5.41, 5.74) is 4.09. The van der Waals surface area contributed by atoms with Gasteiger partial charge in [-0.15, -0.1) is 0 Å². The van der Waals surface area contributed by atoms with Crippen molar-refractivity contribution >= 4 is 23.1 Å². The van der Waals surface area contributed by atoms with E-state index < -0.39 is 35.4 Å². The van der Waals surface area contributed by atoms with Crippen molar-refractivity contribution in [3.8, 4) is 17.1 Å². The van der Waals surface area contributed by atoms with Crippen LogP contribution in [0.4, 0.5) is 23.4 Å². The largest absolute Gasteiger partial charge is 0.480 e. The number of pyridine rings is 1. The van der Waals surface area contributed by atoms with Crippen molar-refractivity contribution in [1.29, 1.82) is 0 Å². The Bertz CT molecular complexity index is 1380. The van der Waals surface area contributed by atoms with Crippen LogP contribution in [0.1, 0.15) is 15.9 Å². The number of nitrogens with two attached hydrogens (primary N) is 1. The Labute approximate surface area is 206 Å². The number of nitrogens with one attached hydrogen (secondary N) is 1. The van der Waals surface area contributed by atoms with Crippen molar-refractivity contribution in [2.24, 2.45) is 5.92 Å². The van der Waals surface area contributed by atoms with Crippen molar-refractivity contribution in [2.75, 3.05) is 39.1 Å². The molecule has 37 heavy (non-hydrogen) atoms. The molecule has 0 saturated carbocycles. The molecule has 2 saturated heterocycles. The fourth-order valence-electron chi connectivity index (χ4n) is 4.37. The number of alkyl halides is 4. The predicted octanol–water partition coefficient (Wildman–Crippen LogP) is 1.33. The second-order valence-electron chi connectivity index (χ2n) is 8.70. The monoisotopic (exact) mass is 523 g/mol. The minimum Gasteiger partial charge on any atom is -0.480 e. The molecule has 2 aliphatic heterocycles. The van der Waals surface area contributed by atoms with Gasteiger partial charge in [0.1, 0.15) is 23.6 Å². The Morgan fingerprint density at radius 1 is 1.22 bits per heavy atom. The lowest BCUT2D eigenvalue weighted by atomic mass is 10.1. The lowest BCUT2D eigenvalue weighted by Crippen LogP contribution is -2.45. The Hall–Kier alpha value is -4.01. The number of nitrogen functional groups attached to an aromatic ring is 1. The molecule has 3 aromatic rings. The van der Waals surface area contributed by atoms with E-state index in [2.05, 4.69) is 20.4 Å². The SMILES string of the molecule is COc1ncc(-c2cc(C(F)(F)F)c3c(N)ncnn23)cc1C(=O)N[C@@H]1CN(C(=O)C2COC2)C[C@@H]1F. The van der Waals surface area contributed by atoms with Gasteiger partial charge in [-0.1, -0.05) is 0 Å². The summed E-state index contributed by atoms with van der Waals surface area (Å²) < 4.78 is 66.9. The van der Waals surface area contributed by atoms with Gasteiger partial charge in [-0.2, -0.15) is 18.3 Å². The maximum atomic E-state index is 14.7. The van der Waals surface area contributed by atoms with Gasteiger partial charge in [-0.3, -0.25) is 9.59 Å². The Balaban J connectivity index is 1.45. The number of aromatic nitrogens is 4. The molecule has 3 N–H and O–H groups in total. The van der Waals surface area contributed by atoms with E-state index >= 15 is 0 Å². The molecule has 5 heterocycles. The maximum Gasteiger partial charge on any atom is 0.418 e. The number of rotatable bonds is 5. The molecule has 2 amide bonds. The fourth-order valence-corrected chi connectivity index (χ4v) is 4.37. The third kappa shape index (κ3) is 4.39. The van der Waals surface area contributed by atoms with E-state index in [1.807, 2.05) is 0 Å². The molecule has 0 aliphatic carbocycles. The van der Waals surface area contributed by atoms with Gasteiger partial charge >= 0.3 is 6.18 Å². The van der Waals surface area contributed by atoms with Crippen LogP contribution in [0.15, 0.2) is 24.7 Å². The molecule has 196 valence electrons. The smallest absolute Gasteiger partial charge is 0.418 e. The molecule has 0 radical (unpaired) electrons. The van der Waals surface area contributed by atoms with Crippen LogP contribution in [-0.2, 0) is 15.7 Å². The summed E-state index contributed by atoms with van der Waals surface area (Å²) in [5.74, 6) is -1.84. The van der Waals surface area contributed by atoms with Gasteiger partial charge in [0.2, 0.25) is 11.8 Å². The van der Waals surface area contributed by atoms with Crippen molar-refractivity contribution in [3.05, 3.63) is 35.8 Å². The normalized spacial score (nSPS) is 20.2. The number of hydrogen-bond donors (Lipinski definition) is 2. The topological polar surface area (TPSA) is 137 Å². The molecule has 0 unspecified atom stereocenters. The van der Waals surface area contributed by atoms with E-state index in [1.165, 1.54) is 24.3 Å². The zero-order valence-corrected chi connectivity index (χ0v) is 19.3. The van der Waals surface area contributed by atoms with Crippen molar-refractivity contribution in [1.82, 2.24) is 29.8 Å². The number of carbonyl (C=O) groups excluding carboxylic acids is 2. The first kappa shape index (κ1) is 24.7. The number of likely N-dealkylation sites (tertiary alicyclic amines) is 1. The van der Waals surface area contributed by atoms with Gasteiger partial charge in [0.25, 0.3) is 5.91 Å². The van der Waals surface area contributed by atoms with E-state index in [0.717, 1.165) is 16.9 Å². The van der Waals surface area contributed by atoms with Gasteiger partial charge in [-0.25, -0.2) is 18.9 Å². The number of amides is 2. The molecule has 2 aliphatic rings. The predicted molar refractivity (Wildman–Crippen MR) is 119 cm³/mol. The molecule has 2 fully saturated rings. The zero-order valence-electron chi connectivity index (χ0n) is 19.3. The molecule has 3 aromatic heterocycles. The van der Waals surface area contributed by atoms with Crippen molar-refractivity contribution in [2.45, 2.75) is 18.4 Å². The molecule has 0 spiro atoms. The van der Waals surface area contributed by atoms with Gasteiger partial charge in [-0.05, 0) is 12.1 Å². The third-order valence-electron chi connectivity index (χ3n) is 6.34. The molecule has 0 bridgehead atoms. The van der Waals surface area contributed by atoms with Gasteiger partial charge in [0.05, 0.1) is 50.1 Å². The number of ether oxygens (including phenoxy) is 2.